The lowest BCUT2D eigenvalue weighted by Gasteiger charge is -2.08. The molecule has 0 spiro atoms. The van der Waals surface area contributed by atoms with Gasteiger partial charge in [0.15, 0.2) is 0 Å². The minimum atomic E-state index is -0.629. The molecule has 1 aliphatic rings. The predicted molar refractivity (Wildman–Crippen MR) is 112 cm³/mol. The maximum absolute atomic E-state index is 13.7. The van der Waals surface area contributed by atoms with Crippen molar-refractivity contribution in [1.29, 1.82) is 0 Å². The van der Waals surface area contributed by atoms with Gasteiger partial charge in [-0.25, -0.2) is 14.2 Å². The molecule has 0 radical (unpaired) electrons. The molecule has 2 aromatic carbocycles. The van der Waals surface area contributed by atoms with Gasteiger partial charge in [-0.1, -0.05) is 62.1 Å². The Morgan fingerprint density at radius 2 is 1.57 bits per heavy atom. The lowest BCUT2D eigenvalue weighted by molar-refractivity contribution is 0.176. The maximum Gasteiger partial charge on any atom is 0.407 e. The molecule has 2 heterocycles. The maximum atomic E-state index is 13.7. The lowest BCUT2D eigenvalue weighted by Crippen LogP contribution is -2.19. The van der Waals surface area contributed by atoms with Crippen LogP contribution in [0.15, 0.2) is 72.9 Å². The van der Waals surface area contributed by atoms with Crippen LogP contribution in [-0.4, -0.2) is 17.7 Å². The first kappa shape index (κ1) is 22.6. The first-order chi connectivity index (χ1) is 14.6. The van der Waals surface area contributed by atoms with E-state index in [1.165, 1.54) is 18.3 Å². The topological polar surface area (TPSA) is 51.2 Å². The van der Waals surface area contributed by atoms with E-state index in [0.29, 0.717) is 5.56 Å². The summed E-state index contributed by atoms with van der Waals surface area (Å²) in [5.74, 6) is 5.10. The SMILES string of the molecule is CC.Fc1ccccc1.O=C1N[C@H](c2cc(C#Cc3ccccc3)cnc2F)CO1. The largest absolute Gasteiger partial charge is 0.447 e. The summed E-state index contributed by atoms with van der Waals surface area (Å²) in [6, 6.07) is 18.5. The number of nitrogens with one attached hydrogen (secondary N) is 1. The fourth-order valence-electron chi connectivity index (χ4n) is 2.41. The average molecular weight is 408 g/mol. The normalized spacial score (nSPS) is 13.9. The van der Waals surface area contributed by atoms with E-state index in [0.717, 1.165) is 5.56 Å². The van der Waals surface area contributed by atoms with Gasteiger partial charge in [0.2, 0.25) is 5.95 Å². The van der Waals surface area contributed by atoms with Crippen LogP contribution >= 0.6 is 0 Å². The van der Waals surface area contributed by atoms with Crippen molar-refractivity contribution in [2.75, 3.05) is 6.61 Å². The van der Waals surface area contributed by atoms with Crippen molar-refractivity contribution >= 4 is 6.09 Å². The average Bonchev–Trinajstić information content (AvgIpc) is 3.22. The van der Waals surface area contributed by atoms with Gasteiger partial charge >= 0.3 is 6.09 Å². The molecule has 1 N–H and O–H groups in total. The third kappa shape index (κ3) is 7.02. The lowest BCUT2D eigenvalue weighted by atomic mass is 10.1. The third-order valence-corrected chi connectivity index (χ3v) is 3.77. The van der Waals surface area contributed by atoms with Crippen LogP contribution in [0.25, 0.3) is 0 Å². The quantitative estimate of drug-likeness (QED) is 0.442. The molecular formula is C24H22F2N2O2. The van der Waals surface area contributed by atoms with E-state index in [-0.39, 0.29) is 18.0 Å². The first-order valence-corrected chi connectivity index (χ1v) is 9.48. The Hall–Kier alpha value is -3.72. The van der Waals surface area contributed by atoms with Crippen LogP contribution in [-0.2, 0) is 4.74 Å². The molecule has 1 atom stereocenters. The summed E-state index contributed by atoms with van der Waals surface area (Å²) in [6.07, 6.45) is 0.812. The monoisotopic (exact) mass is 408 g/mol. The summed E-state index contributed by atoms with van der Waals surface area (Å²) in [4.78, 5) is 14.7. The Bertz CT molecular complexity index is 1000. The molecule has 1 fully saturated rings. The summed E-state index contributed by atoms with van der Waals surface area (Å²) in [5.41, 5.74) is 1.72. The highest BCUT2D eigenvalue weighted by Gasteiger charge is 2.26. The van der Waals surface area contributed by atoms with Crippen molar-refractivity contribution in [3.8, 4) is 11.8 Å². The molecule has 154 valence electrons. The second kappa shape index (κ2) is 12.0. The van der Waals surface area contributed by atoms with Gasteiger partial charge in [0, 0.05) is 22.9 Å². The minimum Gasteiger partial charge on any atom is -0.447 e. The Morgan fingerprint density at radius 3 is 2.10 bits per heavy atom. The number of aromatic nitrogens is 1. The van der Waals surface area contributed by atoms with Crippen LogP contribution in [0.5, 0.6) is 0 Å². The van der Waals surface area contributed by atoms with E-state index in [1.54, 1.807) is 24.3 Å². The number of benzene rings is 2. The molecule has 6 heteroatoms. The fraction of sp³-hybridized carbons (Fsp3) is 0.167. The number of nitrogens with zero attached hydrogens (tertiary/aromatic N) is 1. The number of ether oxygens (including phenoxy) is 1. The number of cyclic esters (lactones) is 1. The summed E-state index contributed by atoms with van der Waals surface area (Å²) in [7, 11) is 0. The molecule has 30 heavy (non-hydrogen) atoms. The highest BCUT2D eigenvalue weighted by Crippen LogP contribution is 2.20. The number of carbonyl (C=O) groups excluding carboxylic acids is 1. The number of halogens is 2. The van der Waals surface area contributed by atoms with Gasteiger partial charge < -0.3 is 10.1 Å². The zero-order chi connectivity index (χ0) is 21.8. The molecular weight excluding hydrogens is 386 g/mol. The number of carbonyl (C=O) groups is 1. The minimum absolute atomic E-state index is 0.0903. The van der Waals surface area contributed by atoms with Crippen molar-refractivity contribution in [2.24, 2.45) is 0 Å². The summed E-state index contributed by atoms with van der Waals surface area (Å²) >= 11 is 0. The Labute approximate surface area is 174 Å². The van der Waals surface area contributed by atoms with Gasteiger partial charge in [0.25, 0.3) is 0 Å². The van der Waals surface area contributed by atoms with E-state index in [9.17, 15) is 13.6 Å². The standard InChI is InChI=1S/C16H11FN2O2.C6H5F.C2H6/c17-15-13(14-10-21-16(20)19-14)8-12(9-18-15)7-6-11-4-2-1-3-5-11;7-6-4-2-1-3-5-6;1-2/h1-5,8-9,14H,10H2,(H,19,20);1-5H;1-2H3/t14-;;/m0../s1. The molecule has 3 aromatic rings. The van der Waals surface area contributed by atoms with Crippen molar-refractivity contribution in [3.05, 3.63) is 101 Å². The van der Waals surface area contributed by atoms with Crippen LogP contribution in [0.4, 0.5) is 13.6 Å². The van der Waals surface area contributed by atoms with Gasteiger partial charge in [-0.3, -0.25) is 0 Å². The van der Waals surface area contributed by atoms with Crippen molar-refractivity contribution < 1.29 is 18.3 Å². The number of rotatable bonds is 1. The predicted octanol–water partition coefficient (Wildman–Crippen LogP) is 5.25. The Balaban J connectivity index is 0.000000299. The zero-order valence-electron chi connectivity index (χ0n) is 16.7. The second-order valence-electron chi connectivity index (χ2n) is 5.81. The summed E-state index contributed by atoms with van der Waals surface area (Å²) in [6.45, 7) is 4.09. The van der Waals surface area contributed by atoms with Crippen LogP contribution in [0, 0.1) is 23.6 Å². The number of pyridine rings is 1. The van der Waals surface area contributed by atoms with E-state index in [4.69, 9.17) is 4.74 Å². The van der Waals surface area contributed by atoms with Crippen molar-refractivity contribution in [3.63, 3.8) is 0 Å². The van der Waals surface area contributed by atoms with Crippen LogP contribution in [0.1, 0.15) is 36.6 Å². The van der Waals surface area contributed by atoms with Gasteiger partial charge in [-0.2, -0.15) is 4.39 Å². The van der Waals surface area contributed by atoms with Gasteiger partial charge in [-0.15, -0.1) is 0 Å². The van der Waals surface area contributed by atoms with Crippen LogP contribution < -0.4 is 5.32 Å². The summed E-state index contributed by atoms with van der Waals surface area (Å²) in [5, 5.41) is 2.52. The second-order valence-corrected chi connectivity index (χ2v) is 5.81. The molecule has 0 saturated carbocycles. The van der Waals surface area contributed by atoms with E-state index >= 15 is 0 Å². The molecule has 4 rings (SSSR count). The van der Waals surface area contributed by atoms with E-state index in [1.807, 2.05) is 44.2 Å². The summed E-state index contributed by atoms with van der Waals surface area (Å²) < 4.78 is 30.4. The molecule has 1 aromatic heterocycles. The van der Waals surface area contributed by atoms with Crippen LogP contribution in [0.2, 0.25) is 0 Å². The molecule has 1 amide bonds. The molecule has 0 bridgehead atoms. The molecule has 0 unspecified atom stereocenters. The number of alkyl carbamates (subject to hydrolysis) is 1. The Kier molecular flexibility index (Phi) is 9.01. The highest BCUT2D eigenvalue weighted by atomic mass is 19.1. The number of hydrogen-bond acceptors (Lipinski definition) is 3. The van der Waals surface area contributed by atoms with Gasteiger partial charge in [-0.05, 0) is 30.3 Å². The Morgan fingerprint density at radius 1 is 0.967 bits per heavy atom. The number of hydrogen-bond donors (Lipinski definition) is 1. The van der Waals surface area contributed by atoms with Crippen molar-refractivity contribution in [1.82, 2.24) is 10.3 Å². The molecule has 0 aliphatic carbocycles. The van der Waals surface area contributed by atoms with Crippen molar-refractivity contribution in [2.45, 2.75) is 19.9 Å². The third-order valence-electron chi connectivity index (χ3n) is 3.77. The first-order valence-electron chi connectivity index (χ1n) is 9.48. The highest BCUT2D eigenvalue weighted by molar-refractivity contribution is 5.70. The van der Waals surface area contributed by atoms with Gasteiger partial charge in [0.05, 0.1) is 6.04 Å². The number of amides is 1. The molecule has 1 saturated heterocycles. The molecule has 4 nitrogen and oxygen atoms in total. The zero-order valence-corrected chi connectivity index (χ0v) is 16.7. The molecule has 1 aliphatic heterocycles. The smallest absolute Gasteiger partial charge is 0.407 e. The van der Waals surface area contributed by atoms with E-state index in [2.05, 4.69) is 22.1 Å². The van der Waals surface area contributed by atoms with E-state index < -0.39 is 18.1 Å². The van der Waals surface area contributed by atoms with Gasteiger partial charge in [0.1, 0.15) is 12.4 Å². The van der Waals surface area contributed by atoms with Crippen LogP contribution in [0.3, 0.4) is 0 Å². The fourth-order valence-corrected chi connectivity index (χ4v) is 2.41.